The van der Waals surface area contributed by atoms with E-state index in [1.54, 1.807) is 0 Å². The molecule has 1 fully saturated rings. The van der Waals surface area contributed by atoms with Gasteiger partial charge in [-0.05, 0) is 157 Å². The van der Waals surface area contributed by atoms with Crippen molar-refractivity contribution < 1.29 is 37.9 Å². The number of benzene rings is 4. The second-order valence-electron chi connectivity index (χ2n) is 14.9. The van der Waals surface area contributed by atoms with E-state index in [2.05, 4.69) is 70.9 Å². The molecule has 0 aromatic heterocycles. The van der Waals surface area contributed by atoms with E-state index in [1.165, 1.54) is 22.3 Å². The van der Waals surface area contributed by atoms with Crippen LogP contribution in [0.3, 0.4) is 0 Å². The van der Waals surface area contributed by atoms with Gasteiger partial charge in [0.25, 0.3) is 0 Å². The minimum absolute atomic E-state index is 0.0596. The van der Waals surface area contributed by atoms with Gasteiger partial charge < -0.3 is 37.9 Å². The number of rotatable bonds is 20. The lowest BCUT2D eigenvalue weighted by atomic mass is 9.81. The van der Waals surface area contributed by atoms with Gasteiger partial charge in [-0.1, -0.05) is 12.1 Å². The monoisotopic (exact) mass is 794 g/mol. The Hall–Kier alpha value is -4.80. The maximum absolute atomic E-state index is 6.35. The Morgan fingerprint density at radius 3 is 1.50 bits per heavy atom. The maximum Gasteiger partial charge on any atom is 0.161 e. The first kappa shape index (κ1) is 41.4. The molecule has 2 bridgehead atoms. The zero-order valence-electron chi connectivity index (χ0n) is 35.7. The molecule has 0 aliphatic carbocycles. The summed E-state index contributed by atoms with van der Waals surface area (Å²) in [6.45, 7) is 20.5. The molecule has 1 saturated heterocycles. The average Bonchev–Trinajstić information content (AvgIpc) is 3.46. The van der Waals surface area contributed by atoms with Crippen LogP contribution in [-0.2, 0) is 31.3 Å². The van der Waals surface area contributed by atoms with Crippen LogP contribution in [0.2, 0.25) is 0 Å². The van der Waals surface area contributed by atoms with E-state index in [0.29, 0.717) is 59.3 Å². The molecule has 4 atom stereocenters. The lowest BCUT2D eigenvalue weighted by molar-refractivity contribution is 0.0254. The van der Waals surface area contributed by atoms with E-state index in [9.17, 15) is 0 Å². The van der Waals surface area contributed by atoms with Crippen molar-refractivity contribution in [1.29, 1.82) is 0 Å². The van der Waals surface area contributed by atoms with Crippen LogP contribution in [0, 0.1) is 0 Å². The molecular formula is C48H62N2O8. The number of hydrogen-bond donors (Lipinski definition) is 1. The molecule has 4 aromatic rings. The van der Waals surface area contributed by atoms with Crippen LogP contribution in [0.15, 0.2) is 60.7 Å². The molecule has 3 heterocycles. The maximum atomic E-state index is 6.35. The van der Waals surface area contributed by atoms with Crippen molar-refractivity contribution in [3.05, 3.63) is 94.0 Å². The Kier molecular flexibility index (Phi) is 13.1. The lowest BCUT2D eigenvalue weighted by Gasteiger charge is -2.49. The molecule has 0 amide bonds. The first-order valence-electron chi connectivity index (χ1n) is 21.5. The first-order chi connectivity index (χ1) is 28.3. The summed E-state index contributed by atoms with van der Waals surface area (Å²) in [4.78, 5) is 2.78. The molecule has 58 heavy (non-hydrogen) atoms. The Bertz CT molecular complexity index is 2040. The van der Waals surface area contributed by atoms with Crippen molar-refractivity contribution in [2.45, 2.75) is 105 Å². The van der Waals surface area contributed by atoms with E-state index < -0.39 is 5.66 Å². The van der Waals surface area contributed by atoms with Crippen molar-refractivity contribution in [2.75, 3.05) is 52.9 Å². The molecule has 0 radical (unpaired) electrons. The fourth-order valence-corrected chi connectivity index (χ4v) is 9.43. The Balaban J connectivity index is 1.46. The Labute approximate surface area is 345 Å². The summed E-state index contributed by atoms with van der Waals surface area (Å²) in [5.74, 6) is 6.14. The van der Waals surface area contributed by atoms with E-state index in [0.717, 1.165) is 76.4 Å². The molecule has 10 heteroatoms. The Morgan fingerprint density at radius 1 is 0.500 bits per heavy atom. The molecule has 10 nitrogen and oxygen atoms in total. The van der Waals surface area contributed by atoms with Crippen LogP contribution in [0.5, 0.6) is 46.0 Å². The fourth-order valence-electron chi connectivity index (χ4n) is 9.43. The highest BCUT2D eigenvalue weighted by Crippen LogP contribution is 2.55. The summed E-state index contributed by atoms with van der Waals surface area (Å²) in [6, 6.07) is 22.0. The van der Waals surface area contributed by atoms with Crippen molar-refractivity contribution in [1.82, 2.24) is 10.2 Å². The summed E-state index contributed by atoms with van der Waals surface area (Å²) in [7, 11) is 0. The van der Waals surface area contributed by atoms with Crippen molar-refractivity contribution in [3.8, 4) is 46.0 Å². The highest BCUT2D eigenvalue weighted by Gasteiger charge is 2.60. The lowest BCUT2D eigenvalue weighted by Crippen LogP contribution is -2.56. The topological polar surface area (TPSA) is 89.1 Å². The van der Waals surface area contributed by atoms with Gasteiger partial charge in [0.15, 0.2) is 46.0 Å². The Morgan fingerprint density at radius 2 is 0.948 bits per heavy atom. The largest absolute Gasteiger partial charge is 0.490 e. The van der Waals surface area contributed by atoms with Crippen molar-refractivity contribution in [2.24, 2.45) is 0 Å². The summed E-state index contributed by atoms with van der Waals surface area (Å²) in [5.41, 5.74) is 6.68. The minimum atomic E-state index is -0.628. The van der Waals surface area contributed by atoms with Crippen LogP contribution in [0.25, 0.3) is 0 Å². The number of nitrogens with zero attached hydrogens (tertiary/aromatic N) is 1. The second kappa shape index (κ2) is 18.4. The van der Waals surface area contributed by atoms with E-state index in [1.807, 2.05) is 55.4 Å². The molecule has 312 valence electrons. The van der Waals surface area contributed by atoms with Gasteiger partial charge in [-0.15, -0.1) is 0 Å². The molecule has 1 N–H and O–H groups in total. The molecule has 0 spiro atoms. The number of nitrogens with one attached hydrogen (secondary N) is 1. The third-order valence-electron chi connectivity index (χ3n) is 11.4. The van der Waals surface area contributed by atoms with Crippen LogP contribution < -0.4 is 43.2 Å². The van der Waals surface area contributed by atoms with Gasteiger partial charge in [0.2, 0.25) is 0 Å². The first-order valence-corrected chi connectivity index (χ1v) is 21.5. The van der Waals surface area contributed by atoms with Gasteiger partial charge in [0.1, 0.15) is 5.66 Å². The normalized spacial score (nSPS) is 20.4. The van der Waals surface area contributed by atoms with Crippen LogP contribution in [-0.4, -0.2) is 69.8 Å². The SMILES string of the molecule is CCOc1ccc(CC2c3cc(OCC)c(OCC)cc3CC3C4Cc5cc(OCC)c(OCC)cc5C(Cc5ccc(OCC)c(OCC)c5)(N4)N23)cc1OCC. The van der Waals surface area contributed by atoms with E-state index in [-0.39, 0.29) is 18.1 Å². The summed E-state index contributed by atoms with van der Waals surface area (Å²) < 4.78 is 49.5. The van der Waals surface area contributed by atoms with E-state index in [4.69, 9.17) is 37.9 Å². The van der Waals surface area contributed by atoms with Gasteiger partial charge >= 0.3 is 0 Å². The van der Waals surface area contributed by atoms with Gasteiger partial charge in [-0.2, -0.15) is 0 Å². The number of fused-ring (bicyclic) bond motifs is 8. The van der Waals surface area contributed by atoms with Gasteiger partial charge in [-0.3, -0.25) is 10.2 Å². The van der Waals surface area contributed by atoms with Crippen LogP contribution in [0.4, 0.5) is 0 Å². The second-order valence-corrected chi connectivity index (χ2v) is 14.9. The molecular weight excluding hydrogens is 733 g/mol. The standard InChI is InChI=1S/C48H62N2O8/c1-9-51-40-19-17-31(22-42(40)53-11-3)21-38-35-28-46(57-15-7)44(55-13-5)26-33(35)25-39-37-24-34-27-45(56-14-6)47(58-16-8)29-36(34)48(49-37,50(38)39)30-32-18-20-41(52-10-2)43(23-32)54-12-4/h17-20,22-23,26-29,37-39,49H,9-16,21,24-25,30H2,1-8H3. The van der Waals surface area contributed by atoms with Crippen LogP contribution in [0.1, 0.15) is 94.8 Å². The average molecular weight is 795 g/mol. The molecule has 0 saturated carbocycles. The molecule has 7 rings (SSSR count). The molecule has 3 aliphatic heterocycles. The minimum Gasteiger partial charge on any atom is -0.490 e. The highest BCUT2D eigenvalue weighted by molar-refractivity contribution is 5.57. The summed E-state index contributed by atoms with van der Waals surface area (Å²) >= 11 is 0. The molecule has 4 aromatic carbocycles. The van der Waals surface area contributed by atoms with Crippen molar-refractivity contribution >= 4 is 0 Å². The molecule has 3 aliphatic rings. The number of ether oxygens (including phenoxy) is 8. The van der Waals surface area contributed by atoms with Gasteiger partial charge in [0.05, 0.1) is 52.9 Å². The third kappa shape index (κ3) is 7.97. The summed E-state index contributed by atoms with van der Waals surface area (Å²) in [6.07, 6.45) is 3.11. The van der Waals surface area contributed by atoms with Gasteiger partial charge in [0, 0.05) is 24.5 Å². The zero-order valence-corrected chi connectivity index (χ0v) is 35.7. The third-order valence-corrected chi connectivity index (χ3v) is 11.4. The smallest absolute Gasteiger partial charge is 0.161 e. The quantitative estimate of drug-likeness (QED) is 0.0936. The number of hydrogen-bond acceptors (Lipinski definition) is 10. The van der Waals surface area contributed by atoms with E-state index >= 15 is 0 Å². The predicted octanol–water partition coefficient (Wildman–Crippen LogP) is 9.01. The van der Waals surface area contributed by atoms with Crippen molar-refractivity contribution in [3.63, 3.8) is 0 Å². The fraction of sp³-hybridized carbons (Fsp3) is 0.500. The summed E-state index contributed by atoms with van der Waals surface area (Å²) in [5, 5.41) is 4.30. The predicted molar refractivity (Wildman–Crippen MR) is 227 cm³/mol. The molecule has 4 unspecified atom stereocenters. The highest BCUT2D eigenvalue weighted by atomic mass is 16.5. The van der Waals surface area contributed by atoms with Gasteiger partial charge in [-0.25, -0.2) is 0 Å². The van der Waals surface area contributed by atoms with Crippen LogP contribution >= 0.6 is 0 Å². The zero-order chi connectivity index (χ0) is 40.8.